The normalized spacial score (nSPS) is 14.1. The summed E-state index contributed by atoms with van der Waals surface area (Å²) in [5.74, 6) is 0.786. The molecule has 0 N–H and O–H groups in total. The van der Waals surface area contributed by atoms with E-state index < -0.39 is 0 Å². The van der Waals surface area contributed by atoms with Crippen LogP contribution in [-0.4, -0.2) is 74.8 Å². The van der Waals surface area contributed by atoms with Gasteiger partial charge in [-0.2, -0.15) is 0 Å². The largest absolute Gasteiger partial charge is 0.493 e. The van der Waals surface area contributed by atoms with Gasteiger partial charge in [0.05, 0.1) is 13.2 Å². The fourth-order valence-corrected chi connectivity index (χ4v) is 4.21. The van der Waals surface area contributed by atoms with Crippen LogP contribution in [0.5, 0.6) is 5.75 Å². The number of hydrogen-bond acceptors (Lipinski definition) is 6. The third-order valence-electron chi connectivity index (χ3n) is 6.21. The predicted octanol–water partition coefficient (Wildman–Crippen LogP) is 3.93. The number of carbonyl (C=O) groups excluding carboxylic acids is 2. The smallest absolute Gasteiger partial charge is 0.306 e. The average Bonchev–Trinajstić information content (AvgIpc) is 2.86. The molecule has 1 amide bonds. The quantitative estimate of drug-likeness (QED) is 0.337. The zero-order chi connectivity index (χ0) is 25.0. The van der Waals surface area contributed by atoms with Gasteiger partial charge in [-0.1, -0.05) is 36.4 Å². The lowest BCUT2D eigenvalue weighted by atomic mass is 9.99. The van der Waals surface area contributed by atoms with Crippen molar-refractivity contribution in [1.82, 2.24) is 9.80 Å². The molecule has 3 rings (SSSR count). The molecule has 0 saturated carbocycles. The highest BCUT2D eigenvalue weighted by Crippen LogP contribution is 2.32. The molecule has 2 aromatic rings. The molecule has 1 aliphatic heterocycles. The van der Waals surface area contributed by atoms with Crippen molar-refractivity contribution in [2.45, 2.75) is 39.7 Å². The van der Waals surface area contributed by atoms with Gasteiger partial charge in [-0.05, 0) is 36.1 Å². The van der Waals surface area contributed by atoms with Crippen LogP contribution < -0.4 is 4.74 Å². The Morgan fingerprint density at radius 1 is 0.943 bits per heavy atom. The first-order valence-electron chi connectivity index (χ1n) is 12.5. The molecule has 0 radical (unpaired) electrons. The molecule has 1 aliphatic rings. The van der Waals surface area contributed by atoms with E-state index >= 15 is 0 Å². The van der Waals surface area contributed by atoms with E-state index in [1.165, 1.54) is 5.56 Å². The van der Waals surface area contributed by atoms with Gasteiger partial charge in [-0.3, -0.25) is 14.5 Å². The molecular formula is C28H38N2O5. The molecule has 2 aromatic carbocycles. The van der Waals surface area contributed by atoms with Crippen LogP contribution in [0.15, 0.2) is 42.5 Å². The lowest BCUT2D eigenvalue weighted by Gasteiger charge is -2.34. The summed E-state index contributed by atoms with van der Waals surface area (Å²) in [6.45, 7) is 9.31. The monoisotopic (exact) mass is 482 g/mol. The van der Waals surface area contributed by atoms with E-state index in [0.29, 0.717) is 32.7 Å². The van der Waals surface area contributed by atoms with Crippen molar-refractivity contribution in [2.24, 2.45) is 0 Å². The van der Waals surface area contributed by atoms with Gasteiger partial charge in [0, 0.05) is 71.8 Å². The molecule has 35 heavy (non-hydrogen) atoms. The third kappa shape index (κ3) is 8.37. The number of ether oxygens (including phenoxy) is 3. The highest BCUT2D eigenvalue weighted by Gasteiger charge is 2.18. The number of rotatable bonds is 12. The van der Waals surface area contributed by atoms with E-state index in [-0.39, 0.29) is 11.9 Å². The Morgan fingerprint density at radius 2 is 1.66 bits per heavy atom. The summed E-state index contributed by atoms with van der Waals surface area (Å²) in [5.41, 5.74) is 4.42. The van der Waals surface area contributed by atoms with Crippen molar-refractivity contribution >= 4 is 11.9 Å². The van der Waals surface area contributed by atoms with Crippen LogP contribution in [0.2, 0.25) is 0 Å². The molecule has 7 heteroatoms. The maximum Gasteiger partial charge on any atom is 0.306 e. The van der Waals surface area contributed by atoms with Crippen LogP contribution >= 0.6 is 0 Å². The van der Waals surface area contributed by atoms with Gasteiger partial charge in [0.15, 0.2) is 0 Å². The van der Waals surface area contributed by atoms with Gasteiger partial charge < -0.3 is 19.1 Å². The highest BCUT2D eigenvalue weighted by molar-refractivity contribution is 5.73. The van der Waals surface area contributed by atoms with Crippen LogP contribution in [0, 0.1) is 0 Å². The van der Waals surface area contributed by atoms with Crippen molar-refractivity contribution in [3.8, 4) is 16.9 Å². The Balaban J connectivity index is 1.67. The SMILES string of the molecule is CCOC(=O)CCc1ccc(-c2ccc(CN3CCN(C(C)=O)CC3)cc2)c(OCCCOC)c1. The molecule has 0 unspecified atom stereocenters. The first-order chi connectivity index (χ1) is 17.0. The number of carbonyl (C=O) groups is 2. The zero-order valence-corrected chi connectivity index (χ0v) is 21.3. The summed E-state index contributed by atoms with van der Waals surface area (Å²) < 4.78 is 16.3. The van der Waals surface area contributed by atoms with Crippen LogP contribution in [0.4, 0.5) is 0 Å². The van der Waals surface area contributed by atoms with Crippen LogP contribution in [0.3, 0.4) is 0 Å². The maximum atomic E-state index is 11.8. The fraction of sp³-hybridized carbons (Fsp3) is 0.500. The van der Waals surface area contributed by atoms with Crippen molar-refractivity contribution in [2.75, 3.05) is 53.1 Å². The summed E-state index contributed by atoms with van der Waals surface area (Å²) in [4.78, 5) is 27.6. The number of aryl methyl sites for hydroxylation is 1. The molecule has 190 valence electrons. The van der Waals surface area contributed by atoms with Crippen molar-refractivity contribution in [1.29, 1.82) is 0 Å². The Bertz CT molecular complexity index is 952. The lowest BCUT2D eigenvalue weighted by molar-refractivity contribution is -0.143. The van der Waals surface area contributed by atoms with E-state index in [4.69, 9.17) is 14.2 Å². The number of methoxy groups -OCH3 is 1. The van der Waals surface area contributed by atoms with Gasteiger partial charge in [0.25, 0.3) is 0 Å². The Morgan fingerprint density at radius 3 is 2.31 bits per heavy atom. The number of esters is 1. The number of piperazine rings is 1. The summed E-state index contributed by atoms with van der Waals surface area (Å²) in [6, 6.07) is 14.8. The van der Waals surface area contributed by atoms with Crippen LogP contribution in [0.25, 0.3) is 11.1 Å². The van der Waals surface area contributed by atoms with Gasteiger partial charge in [0.1, 0.15) is 5.75 Å². The molecule has 0 spiro atoms. The molecule has 0 aromatic heterocycles. The van der Waals surface area contributed by atoms with E-state index in [1.54, 1.807) is 14.0 Å². The predicted molar refractivity (Wildman–Crippen MR) is 136 cm³/mol. The Hall–Kier alpha value is -2.90. The number of nitrogens with zero attached hydrogens (tertiary/aromatic N) is 2. The van der Waals surface area contributed by atoms with Gasteiger partial charge >= 0.3 is 5.97 Å². The minimum atomic E-state index is -0.183. The standard InChI is InChI=1S/C28H38N2O5/c1-4-34-28(32)13-9-23-8-12-26(27(20-23)35-19-5-18-33-3)25-10-6-24(7-11-25)21-29-14-16-30(17-15-29)22(2)31/h6-8,10-12,20H,4-5,9,13-19,21H2,1-3H3. The summed E-state index contributed by atoms with van der Waals surface area (Å²) in [5, 5.41) is 0. The Kier molecular flexibility index (Phi) is 10.6. The van der Waals surface area contributed by atoms with Crippen molar-refractivity contribution in [3.05, 3.63) is 53.6 Å². The van der Waals surface area contributed by atoms with Gasteiger partial charge in [-0.25, -0.2) is 0 Å². The first kappa shape index (κ1) is 26.7. The van der Waals surface area contributed by atoms with Gasteiger partial charge in [0.2, 0.25) is 5.91 Å². The first-order valence-corrected chi connectivity index (χ1v) is 12.5. The zero-order valence-electron chi connectivity index (χ0n) is 21.3. The lowest BCUT2D eigenvalue weighted by Crippen LogP contribution is -2.47. The molecule has 1 saturated heterocycles. The molecule has 1 fully saturated rings. The van der Waals surface area contributed by atoms with Crippen LogP contribution in [0.1, 0.15) is 37.8 Å². The number of benzene rings is 2. The van der Waals surface area contributed by atoms with Crippen LogP contribution in [-0.2, 0) is 32.0 Å². The molecule has 0 bridgehead atoms. The average molecular weight is 483 g/mol. The minimum absolute atomic E-state index is 0.154. The molecule has 1 heterocycles. The summed E-state index contributed by atoms with van der Waals surface area (Å²) >= 11 is 0. The second-order valence-corrected chi connectivity index (χ2v) is 8.81. The second kappa shape index (κ2) is 13.9. The molecule has 0 aliphatic carbocycles. The molecule has 7 nitrogen and oxygen atoms in total. The van der Waals surface area contributed by atoms with E-state index in [0.717, 1.165) is 61.6 Å². The fourth-order valence-electron chi connectivity index (χ4n) is 4.21. The van der Waals surface area contributed by atoms with E-state index in [9.17, 15) is 9.59 Å². The Labute approximate surface area is 209 Å². The van der Waals surface area contributed by atoms with Gasteiger partial charge in [-0.15, -0.1) is 0 Å². The van der Waals surface area contributed by atoms with E-state index in [1.807, 2.05) is 17.9 Å². The second-order valence-electron chi connectivity index (χ2n) is 8.81. The topological polar surface area (TPSA) is 68.3 Å². The molecule has 0 atom stereocenters. The number of amides is 1. The summed E-state index contributed by atoms with van der Waals surface area (Å²) in [6.07, 6.45) is 1.77. The van der Waals surface area contributed by atoms with Crippen molar-refractivity contribution in [3.63, 3.8) is 0 Å². The maximum absolute atomic E-state index is 11.8. The highest BCUT2D eigenvalue weighted by atomic mass is 16.5. The molecular weight excluding hydrogens is 444 g/mol. The summed E-state index contributed by atoms with van der Waals surface area (Å²) in [7, 11) is 1.69. The van der Waals surface area contributed by atoms with E-state index in [2.05, 4.69) is 41.3 Å². The minimum Gasteiger partial charge on any atom is -0.493 e. The third-order valence-corrected chi connectivity index (χ3v) is 6.21. The number of hydrogen-bond donors (Lipinski definition) is 0. The van der Waals surface area contributed by atoms with Crippen molar-refractivity contribution < 1.29 is 23.8 Å².